The fourth-order valence-electron chi connectivity index (χ4n) is 3.37. The van der Waals surface area contributed by atoms with Gasteiger partial charge in [-0.05, 0) is 30.5 Å². The quantitative estimate of drug-likeness (QED) is 0.512. The van der Waals surface area contributed by atoms with Crippen molar-refractivity contribution in [3.63, 3.8) is 0 Å². The number of nitrogens with one attached hydrogen (secondary N) is 1. The van der Waals surface area contributed by atoms with Gasteiger partial charge in [0, 0.05) is 41.1 Å². The molecule has 13 heteroatoms. The van der Waals surface area contributed by atoms with Crippen molar-refractivity contribution in [3.8, 4) is 0 Å². The molecule has 1 aromatic carbocycles. The number of carbonyl (C=O) groups excluding carboxylic acids is 2. The Morgan fingerprint density at radius 3 is 2.82 bits per heavy atom. The maximum atomic E-state index is 13.1. The van der Waals surface area contributed by atoms with Gasteiger partial charge in [-0.25, -0.2) is 18.4 Å². The first kappa shape index (κ1) is 23.4. The minimum atomic E-state index is -3.84. The van der Waals surface area contributed by atoms with Gasteiger partial charge in [0.25, 0.3) is 10.0 Å². The lowest BCUT2D eigenvalue weighted by Crippen LogP contribution is -2.54. The number of fused-ring (bicyclic) bond motifs is 1. The highest BCUT2D eigenvalue weighted by Crippen LogP contribution is 2.33. The third-order valence-corrected chi connectivity index (χ3v) is 8.79. The van der Waals surface area contributed by atoms with Crippen LogP contribution in [0.15, 0.2) is 34.7 Å². The largest absolute Gasteiger partial charge is 0.383 e. The molecule has 1 aliphatic heterocycles. The Balaban J connectivity index is 1.36. The predicted molar refractivity (Wildman–Crippen MR) is 125 cm³/mol. The van der Waals surface area contributed by atoms with Crippen molar-refractivity contribution in [3.05, 3.63) is 46.9 Å². The highest BCUT2D eigenvalue weighted by Gasteiger charge is 2.34. The van der Waals surface area contributed by atoms with Crippen molar-refractivity contribution < 1.29 is 18.0 Å². The zero-order valence-electron chi connectivity index (χ0n) is 17.6. The van der Waals surface area contributed by atoms with Gasteiger partial charge in [-0.3, -0.25) is 9.59 Å². The number of piperazine rings is 1. The van der Waals surface area contributed by atoms with Crippen molar-refractivity contribution >= 4 is 60.7 Å². The first-order chi connectivity index (χ1) is 15.6. The van der Waals surface area contributed by atoms with Crippen LogP contribution in [-0.4, -0.2) is 65.6 Å². The maximum Gasteiger partial charge on any atom is 0.253 e. The van der Waals surface area contributed by atoms with Gasteiger partial charge in [0.2, 0.25) is 11.8 Å². The number of halogens is 1. The second-order valence-corrected chi connectivity index (χ2v) is 11.2. The van der Waals surface area contributed by atoms with Gasteiger partial charge in [0.1, 0.15) is 15.9 Å². The SMILES string of the molecule is Cc1ncc(CNC(=O)CN2CCN(S(=O)(=O)c3cc4ccc(Cl)cc4s3)CC2=O)c(N)n1. The molecule has 0 saturated carbocycles. The third-order valence-electron chi connectivity index (χ3n) is 5.17. The van der Waals surface area contributed by atoms with Crippen molar-refractivity contribution in [1.29, 1.82) is 0 Å². The number of benzene rings is 1. The molecule has 1 fully saturated rings. The number of nitrogens with two attached hydrogens (primary N) is 1. The fourth-order valence-corrected chi connectivity index (χ4v) is 6.58. The van der Waals surface area contributed by atoms with Gasteiger partial charge in [0.15, 0.2) is 0 Å². The van der Waals surface area contributed by atoms with Crippen molar-refractivity contribution in [2.75, 3.05) is 31.9 Å². The van der Waals surface area contributed by atoms with Crippen LogP contribution in [0, 0.1) is 6.92 Å². The number of carbonyl (C=O) groups is 2. The Morgan fingerprint density at radius 1 is 1.30 bits per heavy atom. The maximum absolute atomic E-state index is 13.1. The Morgan fingerprint density at radius 2 is 2.09 bits per heavy atom. The molecule has 1 saturated heterocycles. The Hall–Kier alpha value is -2.80. The lowest BCUT2D eigenvalue weighted by molar-refractivity contribution is -0.138. The predicted octanol–water partition coefficient (Wildman–Crippen LogP) is 1.38. The topological polar surface area (TPSA) is 139 Å². The monoisotopic (exact) mass is 508 g/mol. The molecule has 2 aromatic heterocycles. The van der Waals surface area contributed by atoms with Gasteiger partial charge in [-0.2, -0.15) is 4.31 Å². The summed E-state index contributed by atoms with van der Waals surface area (Å²) in [5.41, 5.74) is 6.39. The fraction of sp³-hybridized carbons (Fsp3) is 0.300. The van der Waals surface area contributed by atoms with E-state index in [4.69, 9.17) is 17.3 Å². The van der Waals surface area contributed by atoms with Crippen molar-refractivity contribution in [1.82, 2.24) is 24.5 Å². The molecule has 0 spiro atoms. The molecular weight excluding hydrogens is 488 g/mol. The van der Waals surface area contributed by atoms with E-state index in [1.54, 1.807) is 31.2 Å². The number of aromatic nitrogens is 2. The van der Waals surface area contributed by atoms with Gasteiger partial charge < -0.3 is 16.0 Å². The number of thiophene rings is 1. The van der Waals surface area contributed by atoms with E-state index in [1.165, 1.54) is 11.1 Å². The molecule has 4 rings (SSSR count). The average Bonchev–Trinajstić information content (AvgIpc) is 3.18. The van der Waals surface area contributed by atoms with Crippen LogP contribution in [0.4, 0.5) is 5.82 Å². The summed E-state index contributed by atoms with van der Waals surface area (Å²) in [7, 11) is -3.84. The van der Waals surface area contributed by atoms with Gasteiger partial charge in [0.05, 0.1) is 13.1 Å². The number of nitrogens with zero attached hydrogens (tertiary/aromatic N) is 4. The normalized spacial score (nSPS) is 15.2. The van der Waals surface area contributed by atoms with Crippen LogP contribution in [-0.2, 0) is 26.2 Å². The van der Waals surface area contributed by atoms with Gasteiger partial charge in [-0.1, -0.05) is 17.7 Å². The van der Waals surface area contributed by atoms with Crippen LogP contribution < -0.4 is 11.1 Å². The molecule has 174 valence electrons. The van der Waals surface area contributed by atoms with Gasteiger partial charge in [-0.15, -0.1) is 11.3 Å². The average molecular weight is 509 g/mol. The third kappa shape index (κ3) is 5.08. The molecular formula is C20H21ClN6O4S2. The van der Waals surface area contributed by atoms with E-state index < -0.39 is 15.9 Å². The number of aryl methyl sites for hydroxylation is 1. The first-order valence-corrected chi connectivity index (χ1v) is 12.6. The molecule has 0 radical (unpaired) electrons. The molecule has 0 aliphatic carbocycles. The minimum Gasteiger partial charge on any atom is -0.383 e. The smallest absolute Gasteiger partial charge is 0.253 e. The zero-order chi connectivity index (χ0) is 23.8. The molecule has 1 aliphatic rings. The summed E-state index contributed by atoms with van der Waals surface area (Å²) in [6.45, 7) is 1.53. The lowest BCUT2D eigenvalue weighted by atomic mass is 10.3. The second-order valence-electron chi connectivity index (χ2n) is 7.51. The number of rotatable bonds is 6. The lowest BCUT2D eigenvalue weighted by Gasteiger charge is -2.32. The molecule has 3 N–H and O–H groups in total. The standard InChI is InChI=1S/C20H21ClN6O4S2/c1-12-23-8-14(20(22)25-12)9-24-17(28)10-26-4-5-27(11-18(26)29)33(30,31)19-6-13-2-3-15(21)7-16(13)32-19/h2-3,6-8H,4-5,9-11H2,1H3,(H,24,28)(H2,22,23,25). The van der Waals surface area contributed by atoms with Crippen LogP contribution in [0.1, 0.15) is 11.4 Å². The van der Waals surface area contributed by atoms with Crippen LogP contribution in [0.2, 0.25) is 5.02 Å². The summed E-state index contributed by atoms with van der Waals surface area (Å²) in [6, 6.07) is 6.74. The van der Waals surface area contributed by atoms with E-state index in [-0.39, 0.29) is 48.7 Å². The molecule has 0 atom stereocenters. The molecule has 10 nitrogen and oxygen atoms in total. The number of hydrogen-bond acceptors (Lipinski definition) is 8. The van der Waals surface area contributed by atoms with Crippen LogP contribution in [0.3, 0.4) is 0 Å². The van der Waals surface area contributed by atoms with Crippen LogP contribution in [0.5, 0.6) is 0 Å². The van der Waals surface area contributed by atoms with E-state index in [9.17, 15) is 18.0 Å². The Bertz CT molecular complexity index is 1340. The molecule has 2 amide bonds. The molecule has 33 heavy (non-hydrogen) atoms. The molecule has 3 aromatic rings. The summed E-state index contributed by atoms with van der Waals surface area (Å²) in [4.78, 5) is 34.3. The summed E-state index contributed by atoms with van der Waals surface area (Å²) in [6.07, 6.45) is 1.54. The van der Waals surface area contributed by atoms with E-state index in [1.807, 2.05) is 0 Å². The number of sulfonamides is 1. The Labute approximate surface area is 199 Å². The van der Waals surface area contributed by atoms with E-state index in [0.29, 0.717) is 16.4 Å². The molecule has 3 heterocycles. The van der Waals surface area contributed by atoms with Crippen LogP contribution in [0.25, 0.3) is 10.1 Å². The Kier molecular flexibility index (Phi) is 6.52. The highest BCUT2D eigenvalue weighted by atomic mass is 35.5. The zero-order valence-corrected chi connectivity index (χ0v) is 20.0. The van der Waals surface area contributed by atoms with Gasteiger partial charge >= 0.3 is 0 Å². The van der Waals surface area contributed by atoms with E-state index in [0.717, 1.165) is 25.7 Å². The minimum absolute atomic E-state index is 0.0924. The molecule has 0 bridgehead atoms. The van der Waals surface area contributed by atoms with Crippen molar-refractivity contribution in [2.45, 2.75) is 17.7 Å². The van der Waals surface area contributed by atoms with E-state index >= 15 is 0 Å². The summed E-state index contributed by atoms with van der Waals surface area (Å²) in [5.74, 6) is -0.0232. The number of nitrogen functional groups attached to an aromatic ring is 1. The number of hydrogen-bond donors (Lipinski definition) is 2. The second kappa shape index (κ2) is 9.21. The van der Waals surface area contributed by atoms with E-state index in [2.05, 4.69) is 15.3 Å². The first-order valence-electron chi connectivity index (χ1n) is 9.95. The van der Waals surface area contributed by atoms with Crippen LogP contribution >= 0.6 is 22.9 Å². The molecule has 0 unspecified atom stereocenters. The van der Waals surface area contributed by atoms with Crippen molar-refractivity contribution in [2.24, 2.45) is 0 Å². The summed E-state index contributed by atoms with van der Waals surface area (Å²) >= 11 is 7.10. The highest BCUT2D eigenvalue weighted by molar-refractivity contribution is 7.91. The number of amides is 2. The summed E-state index contributed by atoms with van der Waals surface area (Å²) < 4.78 is 28.2. The summed E-state index contributed by atoms with van der Waals surface area (Å²) in [5, 5.41) is 3.97. The number of anilines is 1.